The van der Waals surface area contributed by atoms with Crippen LogP contribution in [0.2, 0.25) is 0 Å². The van der Waals surface area contributed by atoms with Crippen LogP contribution >= 0.6 is 0 Å². The van der Waals surface area contributed by atoms with Crippen molar-refractivity contribution < 1.29 is 23.8 Å². The Morgan fingerprint density at radius 2 is 2.14 bits per heavy atom. The zero-order valence-corrected chi connectivity index (χ0v) is 13.8. The summed E-state index contributed by atoms with van der Waals surface area (Å²) in [6.45, 7) is 9.20. The third-order valence-electron chi connectivity index (χ3n) is 3.80. The zero-order valence-electron chi connectivity index (χ0n) is 13.8. The molecule has 1 amide bonds. The van der Waals surface area contributed by atoms with E-state index in [2.05, 4.69) is 0 Å². The lowest BCUT2D eigenvalue weighted by atomic mass is 9.92. The van der Waals surface area contributed by atoms with E-state index in [1.807, 2.05) is 20.8 Å². The first-order valence-electron chi connectivity index (χ1n) is 7.75. The van der Waals surface area contributed by atoms with Crippen LogP contribution in [-0.2, 0) is 19.0 Å². The quantitative estimate of drug-likeness (QED) is 0.578. The van der Waals surface area contributed by atoms with Crippen LogP contribution in [0, 0.1) is 0 Å². The van der Waals surface area contributed by atoms with E-state index in [4.69, 9.17) is 14.2 Å². The molecule has 6 nitrogen and oxygen atoms in total. The SMILES string of the molecule is CCOC(=O)/C=C1/CCOC12CCN(C(=O)OC(C)(C)C)C2. The Kier molecular flexibility index (Phi) is 4.80. The highest BCUT2D eigenvalue weighted by molar-refractivity contribution is 5.83. The molecule has 0 aromatic heterocycles. The standard InChI is InChI=1S/C16H25NO5/c1-5-20-13(18)10-12-6-9-21-16(12)7-8-17(11-16)14(19)22-15(2,3)4/h10H,5-9,11H2,1-4H3/b12-10-. The second-order valence-corrected chi connectivity index (χ2v) is 6.67. The van der Waals surface area contributed by atoms with E-state index >= 15 is 0 Å². The topological polar surface area (TPSA) is 65.1 Å². The van der Waals surface area contributed by atoms with Crippen molar-refractivity contribution >= 4 is 12.1 Å². The molecule has 124 valence electrons. The molecule has 1 spiro atoms. The summed E-state index contributed by atoms with van der Waals surface area (Å²) in [5, 5.41) is 0. The molecule has 2 rings (SSSR count). The number of hydrogen-bond acceptors (Lipinski definition) is 5. The molecular formula is C16H25NO5. The summed E-state index contributed by atoms with van der Waals surface area (Å²) in [6.07, 6.45) is 2.56. The van der Waals surface area contributed by atoms with Crippen molar-refractivity contribution in [1.82, 2.24) is 4.90 Å². The van der Waals surface area contributed by atoms with Crippen LogP contribution in [0.4, 0.5) is 4.79 Å². The summed E-state index contributed by atoms with van der Waals surface area (Å²) >= 11 is 0. The summed E-state index contributed by atoms with van der Waals surface area (Å²) < 4.78 is 16.2. The van der Waals surface area contributed by atoms with Gasteiger partial charge >= 0.3 is 12.1 Å². The molecule has 0 N–H and O–H groups in total. The average molecular weight is 311 g/mol. The predicted molar refractivity (Wildman–Crippen MR) is 80.4 cm³/mol. The van der Waals surface area contributed by atoms with Gasteiger partial charge in [-0.1, -0.05) is 0 Å². The van der Waals surface area contributed by atoms with Gasteiger partial charge in [-0.15, -0.1) is 0 Å². The Balaban J connectivity index is 2.06. The Labute approximate surface area is 131 Å². The summed E-state index contributed by atoms with van der Waals surface area (Å²) in [4.78, 5) is 25.5. The van der Waals surface area contributed by atoms with Crippen LogP contribution in [-0.4, -0.2) is 54.5 Å². The van der Waals surface area contributed by atoms with Crippen LogP contribution < -0.4 is 0 Å². The summed E-state index contributed by atoms with van der Waals surface area (Å²) in [5.41, 5.74) is -0.159. The molecule has 2 heterocycles. The number of hydrogen-bond donors (Lipinski definition) is 0. The first-order valence-corrected chi connectivity index (χ1v) is 7.75. The minimum atomic E-state index is -0.552. The molecule has 2 saturated heterocycles. The fourth-order valence-corrected chi connectivity index (χ4v) is 2.85. The van der Waals surface area contributed by atoms with Crippen LogP contribution in [0.15, 0.2) is 11.6 Å². The van der Waals surface area contributed by atoms with E-state index in [1.165, 1.54) is 6.08 Å². The summed E-state index contributed by atoms with van der Waals surface area (Å²) in [5.74, 6) is -0.349. The minimum Gasteiger partial charge on any atom is -0.463 e. The number of amides is 1. The van der Waals surface area contributed by atoms with Crippen LogP contribution in [0.1, 0.15) is 40.5 Å². The lowest BCUT2D eigenvalue weighted by molar-refractivity contribution is -0.137. The molecular weight excluding hydrogens is 286 g/mol. The highest BCUT2D eigenvalue weighted by Gasteiger charge is 2.47. The number of ether oxygens (including phenoxy) is 3. The average Bonchev–Trinajstić information content (AvgIpc) is 2.97. The molecule has 0 aromatic rings. The van der Waals surface area contributed by atoms with Crippen molar-refractivity contribution in [2.45, 2.75) is 51.7 Å². The number of carbonyl (C=O) groups excluding carboxylic acids is 2. The minimum absolute atomic E-state index is 0.338. The first kappa shape index (κ1) is 16.8. The maximum Gasteiger partial charge on any atom is 0.410 e. The Bertz CT molecular complexity index is 479. The maximum absolute atomic E-state index is 12.2. The molecule has 2 aliphatic rings. The van der Waals surface area contributed by atoms with E-state index in [1.54, 1.807) is 11.8 Å². The maximum atomic E-state index is 12.2. The zero-order chi connectivity index (χ0) is 16.4. The predicted octanol–water partition coefficient (Wildman–Crippen LogP) is 2.28. The molecule has 6 heteroatoms. The molecule has 1 unspecified atom stereocenters. The molecule has 0 aliphatic carbocycles. The molecule has 0 aromatic carbocycles. The van der Waals surface area contributed by atoms with Gasteiger partial charge in [0, 0.05) is 12.6 Å². The van der Waals surface area contributed by atoms with Crippen molar-refractivity contribution in [3.8, 4) is 0 Å². The number of carbonyl (C=O) groups is 2. The van der Waals surface area contributed by atoms with Gasteiger partial charge in [0.2, 0.25) is 0 Å². The number of rotatable bonds is 2. The number of likely N-dealkylation sites (tertiary alicyclic amines) is 1. The van der Waals surface area contributed by atoms with E-state index in [0.29, 0.717) is 39.1 Å². The molecule has 0 bridgehead atoms. The normalized spacial score (nSPS) is 26.7. The van der Waals surface area contributed by atoms with Gasteiger partial charge in [-0.2, -0.15) is 0 Å². The smallest absolute Gasteiger partial charge is 0.410 e. The highest BCUT2D eigenvalue weighted by atomic mass is 16.6. The monoisotopic (exact) mass is 311 g/mol. The third-order valence-corrected chi connectivity index (χ3v) is 3.80. The second-order valence-electron chi connectivity index (χ2n) is 6.67. The van der Waals surface area contributed by atoms with Gasteiger partial charge in [-0.3, -0.25) is 0 Å². The molecule has 2 aliphatic heterocycles. The summed E-state index contributed by atoms with van der Waals surface area (Å²) in [7, 11) is 0. The van der Waals surface area contributed by atoms with E-state index in [-0.39, 0.29) is 12.1 Å². The molecule has 0 radical (unpaired) electrons. The van der Waals surface area contributed by atoms with E-state index in [0.717, 1.165) is 5.57 Å². The highest BCUT2D eigenvalue weighted by Crippen LogP contribution is 2.39. The largest absolute Gasteiger partial charge is 0.463 e. The van der Waals surface area contributed by atoms with Gasteiger partial charge in [0.05, 0.1) is 19.8 Å². The van der Waals surface area contributed by atoms with Crippen molar-refractivity contribution in [2.75, 3.05) is 26.3 Å². The van der Waals surface area contributed by atoms with Gasteiger partial charge in [0.1, 0.15) is 11.2 Å². The van der Waals surface area contributed by atoms with E-state index in [9.17, 15) is 9.59 Å². The van der Waals surface area contributed by atoms with Gasteiger partial charge in [-0.25, -0.2) is 9.59 Å². The summed E-state index contributed by atoms with van der Waals surface area (Å²) in [6, 6.07) is 0. The fraction of sp³-hybridized carbons (Fsp3) is 0.750. The van der Waals surface area contributed by atoms with Crippen molar-refractivity contribution in [2.24, 2.45) is 0 Å². The Hall–Kier alpha value is -1.56. The van der Waals surface area contributed by atoms with Gasteiger partial charge in [-0.05, 0) is 46.1 Å². The van der Waals surface area contributed by atoms with Gasteiger partial charge in [0.15, 0.2) is 0 Å². The van der Waals surface area contributed by atoms with Crippen molar-refractivity contribution in [3.05, 3.63) is 11.6 Å². The van der Waals surface area contributed by atoms with Crippen LogP contribution in [0.5, 0.6) is 0 Å². The Morgan fingerprint density at radius 1 is 1.41 bits per heavy atom. The van der Waals surface area contributed by atoms with Crippen LogP contribution in [0.3, 0.4) is 0 Å². The lowest BCUT2D eigenvalue weighted by Gasteiger charge is -2.27. The first-order chi connectivity index (χ1) is 10.3. The Morgan fingerprint density at radius 3 is 2.77 bits per heavy atom. The molecule has 1 atom stereocenters. The van der Waals surface area contributed by atoms with Crippen molar-refractivity contribution in [3.63, 3.8) is 0 Å². The number of nitrogens with zero attached hydrogens (tertiary/aromatic N) is 1. The molecule has 0 saturated carbocycles. The van der Waals surface area contributed by atoms with Gasteiger partial charge in [0.25, 0.3) is 0 Å². The van der Waals surface area contributed by atoms with Gasteiger partial charge < -0.3 is 19.1 Å². The van der Waals surface area contributed by atoms with Crippen LogP contribution in [0.25, 0.3) is 0 Å². The number of esters is 1. The van der Waals surface area contributed by atoms with E-state index < -0.39 is 11.2 Å². The van der Waals surface area contributed by atoms with Crippen molar-refractivity contribution in [1.29, 1.82) is 0 Å². The third kappa shape index (κ3) is 3.80. The fourth-order valence-electron chi connectivity index (χ4n) is 2.85. The molecule has 22 heavy (non-hydrogen) atoms. The second kappa shape index (κ2) is 6.28. The molecule has 2 fully saturated rings. The lowest BCUT2D eigenvalue weighted by Crippen LogP contribution is -2.39.